The van der Waals surface area contributed by atoms with Crippen molar-refractivity contribution in [2.24, 2.45) is 0 Å². The lowest BCUT2D eigenvalue weighted by Gasteiger charge is -2.05. The molecule has 0 aromatic heterocycles. The van der Waals surface area contributed by atoms with Crippen molar-refractivity contribution in [3.63, 3.8) is 0 Å². The smallest absolute Gasteiger partial charge is 0.288 e. The van der Waals surface area contributed by atoms with E-state index < -0.39 is 4.92 Å². The van der Waals surface area contributed by atoms with Gasteiger partial charge in [-0.3, -0.25) is 10.1 Å². The van der Waals surface area contributed by atoms with Gasteiger partial charge < -0.3 is 4.74 Å². The summed E-state index contributed by atoms with van der Waals surface area (Å²) in [6.45, 7) is 0. The Balaban J connectivity index is 2.24. The molecule has 0 aliphatic heterocycles. The highest BCUT2D eigenvalue weighted by atomic mass is 35.5. The van der Waals surface area contributed by atoms with Crippen molar-refractivity contribution in [1.82, 2.24) is 0 Å². The maximum Gasteiger partial charge on any atom is 0.288 e. The van der Waals surface area contributed by atoms with Crippen molar-refractivity contribution in [2.75, 3.05) is 0 Å². The summed E-state index contributed by atoms with van der Waals surface area (Å²) in [6.07, 6.45) is 0. The van der Waals surface area contributed by atoms with Crippen LogP contribution in [-0.4, -0.2) is 4.92 Å². The number of ether oxygens (including phenoxy) is 1. The van der Waals surface area contributed by atoms with Crippen LogP contribution in [0, 0.1) is 10.1 Å². The molecule has 0 fully saturated rings. The summed E-state index contributed by atoms with van der Waals surface area (Å²) in [4.78, 5) is 10.0. The van der Waals surface area contributed by atoms with Crippen LogP contribution in [-0.2, 0) is 0 Å². The number of para-hydroxylation sites is 1. The molecule has 0 saturated carbocycles. The van der Waals surface area contributed by atoms with Gasteiger partial charge in [-0.05, 0) is 18.2 Å². The summed E-state index contributed by atoms with van der Waals surface area (Å²) in [7, 11) is 0. The van der Waals surface area contributed by atoms with Crippen LogP contribution in [0.25, 0.3) is 0 Å². The number of hydrogen-bond acceptors (Lipinski definition) is 3. The summed E-state index contributed by atoms with van der Waals surface area (Å²) >= 11 is 5.77. The van der Waals surface area contributed by atoms with Crippen molar-refractivity contribution in [1.29, 1.82) is 0 Å². The third-order valence-corrected chi connectivity index (χ3v) is 2.40. The molecule has 0 aliphatic carbocycles. The molecule has 0 saturated heterocycles. The lowest BCUT2D eigenvalue weighted by molar-refractivity contribution is -0.384. The number of hydrogen-bond donors (Lipinski definition) is 0. The van der Waals surface area contributed by atoms with Crippen LogP contribution >= 0.6 is 11.6 Å². The minimum atomic E-state index is -0.533. The number of rotatable bonds is 3. The average molecular weight is 250 g/mol. The molecule has 0 atom stereocenters. The monoisotopic (exact) mass is 249 g/mol. The molecule has 0 heterocycles. The van der Waals surface area contributed by atoms with Gasteiger partial charge in [0, 0.05) is 12.1 Å². The van der Waals surface area contributed by atoms with Gasteiger partial charge in [0.05, 0.1) is 4.92 Å². The highest BCUT2D eigenvalue weighted by Gasteiger charge is 2.12. The van der Waals surface area contributed by atoms with Crippen LogP contribution < -0.4 is 4.74 Å². The van der Waals surface area contributed by atoms with Gasteiger partial charge in [0.25, 0.3) is 5.69 Å². The maximum atomic E-state index is 10.6. The molecule has 0 bridgehead atoms. The van der Waals surface area contributed by atoms with Gasteiger partial charge in [-0.15, -0.1) is 0 Å². The SMILES string of the molecule is O=[N+]([O-])c1ccc(Oc2ccccc2)cc1Cl. The summed E-state index contributed by atoms with van der Waals surface area (Å²) in [6, 6.07) is 13.4. The first kappa shape index (κ1) is 11.4. The fraction of sp³-hybridized carbons (Fsp3) is 0. The third kappa shape index (κ3) is 2.73. The van der Waals surface area contributed by atoms with Crippen molar-refractivity contribution in [3.8, 4) is 11.5 Å². The van der Waals surface area contributed by atoms with Crippen LogP contribution in [0.4, 0.5) is 5.69 Å². The van der Waals surface area contributed by atoms with E-state index in [1.54, 1.807) is 12.1 Å². The normalized spacial score (nSPS) is 9.94. The molecular formula is C12H8ClNO3. The lowest BCUT2D eigenvalue weighted by atomic mass is 10.3. The van der Waals surface area contributed by atoms with Crippen LogP contribution in [0.15, 0.2) is 48.5 Å². The highest BCUT2D eigenvalue weighted by Crippen LogP contribution is 2.30. The second-order valence-corrected chi connectivity index (χ2v) is 3.69. The average Bonchev–Trinajstić information content (AvgIpc) is 2.30. The van der Waals surface area contributed by atoms with Crippen molar-refractivity contribution in [2.45, 2.75) is 0 Å². The first-order chi connectivity index (χ1) is 8.16. The van der Waals surface area contributed by atoms with Crippen LogP contribution in [0.3, 0.4) is 0 Å². The fourth-order valence-electron chi connectivity index (χ4n) is 1.32. The molecule has 2 rings (SSSR count). The van der Waals surface area contributed by atoms with Gasteiger partial charge in [-0.25, -0.2) is 0 Å². The second-order valence-electron chi connectivity index (χ2n) is 3.29. The van der Waals surface area contributed by atoms with Gasteiger partial charge in [-0.1, -0.05) is 29.8 Å². The van der Waals surface area contributed by atoms with E-state index in [1.165, 1.54) is 18.2 Å². The number of halogens is 1. The zero-order chi connectivity index (χ0) is 12.3. The second kappa shape index (κ2) is 4.84. The van der Waals surface area contributed by atoms with E-state index in [0.29, 0.717) is 11.5 Å². The summed E-state index contributed by atoms with van der Waals surface area (Å²) < 4.78 is 5.49. The van der Waals surface area contributed by atoms with E-state index in [9.17, 15) is 10.1 Å². The zero-order valence-corrected chi connectivity index (χ0v) is 9.42. The van der Waals surface area contributed by atoms with Crippen molar-refractivity contribution < 1.29 is 9.66 Å². The Morgan fingerprint density at radius 3 is 2.35 bits per heavy atom. The van der Waals surface area contributed by atoms with E-state index in [1.807, 2.05) is 18.2 Å². The topological polar surface area (TPSA) is 52.4 Å². The minimum absolute atomic E-state index is 0.0587. The molecule has 86 valence electrons. The largest absolute Gasteiger partial charge is 0.457 e. The van der Waals surface area contributed by atoms with Gasteiger partial charge in [-0.2, -0.15) is 0 Å². The van der Waals surface area contributed by atoms with Crippen molar-refractivity contribution in [3.05, 3.63) is 63.7 Å². The maximum absolute atomic E-state index is 10.6. The molecule has 0 amide bonds. The van der Waals surface area contributed by atoms with Crippen LogP contribution in [0.1, 0.15) is 0 Å². The molecule has 17 heavy (non-hydrogen) atoms. The zero-order valence-electron chi connectivity index (χ0n) is 8.67. The lowest BCUT2D eigenvalue weighted by Crippen LogP contribution is -1.90. The standard InChI is InChI=1S/C12H8ClNO3/c13-11-8-10(6-7-12(11)14(15)16)17-9-4-2-1-3-5-9/h1-8H. The molecular weight excluding hydrogens is 242 g/mol. The van der Waals surface area contributed by atoms with E-state index in [2.05, 4.69) is 0 Å². The summed E-state index contributed by atoms with van der Waals surface area (Å²) in [5.74, 6) is 1.12. The van der Waals surface area contributed by atoms with Crippen LogP contribution in [0.2, 0.25) is 5.02 Å². The van der Waals surface area contributed by atoms with Gasteiger partial charge in [0.1, 0.15) is 16.5 Å². The predicted octanol–water partition coefficient (Wildman–Crippen LogP) is 4.04. The molecule has 0 aliphatic rings. The summed E-state index contributed by atoms with van der Waals surface area (Å²) in [5, 5.41) is 10.6. The van der Waals surface area contributed by atoms with E-state index in [4.69, 9.17) is 16.3 Å². The van der Waals surface area contributed by atoms with E-state index >= 15 is 0 Å². The highest BCUT2D eigenvalue weighted by molar-refractivity contribution is 6.32. The van der Waals surface area contributed by atoms with Gasteiger partial charge in [0.2, 0.25) is 0 Å². The molecule has 4 nitrogen and oxygen atoms in total. The molecule has 0 radical (unpaired) electrons. The molecule has 0 unspecified atom stereocenters. The first-order valence-corrected chi connectivity index (χ1v) is 5.21. The first-order valence-electron chi connectivity index (χ1n) is 4.83. The molecule has 2 aromatic carbocycles. The number of nitro benzene ring substituents is 1. The summed E-state index contributed by atoms with van der Waals surface area (Å²) in [5.41, 5.74) is -0.132. The quantitative estimate of drug-likeness (QED) is 0.609. The molecule has 2 aromatic rings. The third-order valence-electron chi connectivity index (χ3n) is 2.09. The Kier molecular flexibility index (Phi) is 3.25. The van der Waals surface area contributed by atoms with Gasteiger partial charge >= 0.3 is 0 Å². The Hall–Kier alpha value is -2.07. The van der Waals surface area contributed by atoms with E-state index in [-0.39, 0.29) is 10.7 Å². The number of benzene rings is 2. The number of nitro groups is 1. The van der Waals surface area contributed by atoms with Crippen LogP contribution in [0.5, 0.6) is 11.5 Å². The van der Waals surface area contributed by atoms with Gasteiger partial charge in [0.15, 0.2) is 0 Å². The minimum Gasteiger partial charge on any atom is -0.457 e. The molecule has 0 spiro atoms. The Morgan fingerprint density at radius 2 is 1.76 bits per heavy atom. The Labute approximate surface area is 103 Å². The Morgan fingerprint density at radius 1 is 1.06 bits per heavy atom. The molecule has 5 heteroatoms. The number of nitrogens with zero attached hydrogens (tertiary/aromatic N) is 1. The Bertz CT molecular complexity index is 543. The van der Waals surface area contributed by atoms with Crippen molar-refractivity contribution >= 4 is 17.3 Å². The fourth-order valence-corrected chi connectivity index (χ4v) is 1.56. The van der Waals surface area contributed by atoms with E-state index in [0.717, 1.165) is 0 Å². The predicted molar refractivity (Wildman–Crippen MR) is 64.6 cm³/mol. The molecule has 0 N–H and O–H groups in total.